The Morgan fingerprint density at radius 3 is 2.26 bits per heavy atom. The van der Waals surface area contributed by atoms with Gasteiger partial charge in [-0.1, -0.05) is 52.0 Å². The van der Waals surface area contributed by atoms with Gasteiger partial charge in [-0.3, -0.25) is 4.79 Å². The van der Waals surface area contributed by atoms with Crippen LogP contribution in [0.5, 0.6) is 0 Å². The first-order valence-corrected chi connectivity index (χ1v) is 7.17. The van der Waals surface area contributed by atoms with Gasteiger partial charge in [0.05, 0.1) is 12.6 Å². The van der Waals surface area contributed by atoms with Crippen LogP contribution in [0.2, 0.25) is 0 Å². The van der Waals surface area contributed by atoms with Crippen LogP contribution < -0.4 is 10.6 Å². The Morgan fingerprint density at radius 1 is 1.16 bits per heavy atom. The lowest BCUT2D eigenvalue weighted by Gasteiger charge is -2.23. The molecule has 0 aromatic heterocycles. The van der Waals surface area contributed by atoms with E-state index in [0.29, 0.717) is 12.5 Å². The molecule has 0 spiro atoms. The molecule has 1 rings (SSSR count). The minimum Gasteiger partial charge on any atom is -0.348 e. The number of carbonyl (C=O) groups excluding carboxylic acids is 1. The van der Waals surface area contributed by atoms with E-state index in [2.05, 4.69) is 55.7 Å². The van der Waals surface area contributed by atoms with Crippen molar-refractivity contribution in [2.75, 3.05) is 13.1 Å². The van der Waals surface area contributed by atoms with Crippen LogP contribution in [-0.4, -0.2) is 19.0 Å². The predicted molar refractivity (Wildman–Crippen MR) is 80.1 cm³/mol. The average Bonchev–Trinajstić information content (AvgIpc) is 2.42. The normalized spacial score (nSPS) is 12.5. The number of aryl methyl sites for hydroxylation is 1. The van der Waals surface area contributed by atoms with Crippen molar-refractivity contribution in [1.29, 1.82) is 0 Å². The molecule has 3 nitrogen and oxygen atoms in total. The van der Waals surface area contributed by atoms with Crippen molar-refractivity contribution < 1.29 is 4.79 Å². The Kier molecular flexibility index (Phi) is 6.57. The van der Waals surface area contributed by atoms with Gasteiger partial charge in [0.25, 0.3) is 0 Å². The maximum atomic E-state index is 11.8. The van der Waals surface area contributed by atoms with Crippen LogP contribution in [0, 0.1) is 5.92 Å². The molecule has 0 saturated heterocycles. The lowest BCUT2D eigenvalue weighted by Crippen LogP contribution is -2.38. The number of hydrogen-bond donors (Lipinski definition) is 2. The number of likely N-dealkylation sites (N-methyl/N-ethyl adjacent to an activating group) is 1. The van der Waals surface area contributed by atoms with Gasteiger partial charge in [0.1, 0.15) is 0 Å². The molecule has 106 valence electrons. The van der Waals surface area contributed by atoms with Crippen molar-refractivity contribution in [3.05, 3.63) is 35.4 Å². The summed E-state index contributed by atoms with van der Waals surface area (Å²) in [5, 5.41) is 6.15. The molecule has 1 atom stereocenters. The van der Waals surface area contributed by atoms with Gasteiger partial charge < -0.3 is 10.6 Å². The third-order valence-electron chi connectivity index (χ3n) is 3.27. The zero-order chi connectivity index (χ0) is 14.3. The van der Waals surface area contributed by atoms with E-state index in [9.17, 15) is 4.79 Å². The molecule has 0 saturated carbocycles. The molecule has 1 amide bonds. The number of hydrogen-bond acceptors (Lipinski definition) is 2. The third-order valence-corrected chi connectivity index (χ3v) is 3.27. The van der Waals surface area contributed by atoms with E-state index in [-0.39, 0.29) is 11.9 Å². The second-order valence-corrected chi connectivity index (χ2v) is 5.16. The summed E-state index contributed by atoms with van der Waals surface area (Å²) >= 11 is 0. The van der Waals surface area contributed by atoms with Crippen LogP contribution in [0.1, 0.15) is 44.9 Å². The highest BCUT2D eigenvalue weighted by Crippen LogP contribution is 2.22. The lowest BCUT2D eigenvalue weighted by atomic mass is 9.95. The molecule has 0 radical (unpaired) electrons. The van der Waals surface area contributed by atoms with Crippen molar-refractivity contribution >= 4 is 5.91 Å². The number of benzene rings is 1. The zero-order valence-electron chi connectivity index (χ0n) is 12.5. The van der Waals surface area contributed by atoms with Crippen LogP contribution in [0.4, 0.5) is 0 Å². The number of rotatable bonds is 7. The average molecular weight is 262 g/mol. The summed E-state index contributed by atoms with van der Waals surface area (Å²) in [5.74, 6) is 0.429. The van der Waals surface area contributed by atoms with Crippen molar-refractivity contribution in [2.45, 2.75) is 40.2 Å². The van der Waals surface area contributed by atoms with Crippen LogP contribution in [0.25, 0.3) is 0 Å². The molecule has 3 heteroatoms. The largest absolute Gasteiger partial charge is 0.348 e. The van der Waals surface area contributed by atoms with E-state index >= 15 is 0 Å². The Morgan fingerprint density at radius 2 is 1.79 bits per heavy atom. The summed E-state index contributed by atoms with van der Waals surface area (Å²) in [4.78, 5) is 11.8. The Balaban J connectivity index is 2.73. The molecular weight excluding hydrogens is 236 g/mol. The summed E-state index contributed by atoms with van der Waals surface area (Å²) in [6, 6.07) is 8.60. The van der Waals surface area contributed by atoms with Crippen LogP contribution in [0.3, 0.4) is 0 Å². The fourth-order valence-electron chi connectivity index (χ4n) is 2.06. The van der Waals surface area contributed by atoms with Gasteiger partial charge in [-0.25, -0.2) is 0 Å². The number of nitrogens with one attached hydrogen (secondary N) is 2. The Labute approximate surface area is 116 Å². The molecule has 0 fully saturated rings. The van der Waals surface area contributed by atoms with Gasteiger partial charge in [0.2, 0.25) is 5.91 Å². The zero-order valence-corrected chi connectivity index (χ0v) is 12.5. The van der Waals surface area contributed by atoms with Gasteiger partial charge in [-0.15, -0.1) is 0 Å². The third kappa shape index (κ3) is 5.03. The van der Waals surface area contributed by atoms with Crippen molar-refractivity contribution in [3.8, 4) is 0 Å². The SMILES string of the molecule is CCNCC(=O)NC(c1ccc(CC)cc1)C(C)C. The van der Waals surface area contributed by atoms with Gasteiger partial charge in [0, 0.05) is 0 Å². The van der Waals surface area contributed by atoms with Crippen LogP contribution in [0.15, 0.2) is 24.3 Å². The molecular formula is C16H26N2O. The summed E-state index contributed by atoms with van der Waals surface area (Å²) in [5.41, 5.74) is 2.50. The van der Waals surface area contributed by atoms with E-state index < -0.39 is 0 Å². The summed E-state index contributed by atoms with van der Waals surface area (Å²) < 4.78 is 0. The maximum Gasteiger partial charge on any atom is 0.234 e. The molecule has 2 N–H and O–H groups in total. The summed E-state index contributed by atoms with van der Waals surface area (Å²) in [6.45, 7) is 9.60. The molecule has 1 aromatic carbocycles. The quantitative estimate of drug-likeness (QED) is 0.793. The minimum absolute atomic E-state index is 0.0557. The molecule has 1 aromatic rings. The lowest BCUT2D eigenvalue weighted by molar-refractivity contribution is -0.121. The molecule has 1 unspecified atom stereocenters. The minimum atomic E-state index is 0.0557. The predicted octanol–water partition coefficient (Wildman–Crippen LogP) is 2.67. The highest BCUT2D eigenvalue weighted by Gasteiger charge is 2.17. The molecule has 0 aliphatic heterocycles. The first-order valence-electron chi connectivity index (χ1n) is 7.17. The summed E-state index contributed by atoms with van der Waals surface area (Å²) in [6.07, 6.45) is 1.04. The Bertz CT molecular complexity index is 384. The van der Waals surface area contributed by atoms with E-state index in [1.165, 1.54) is 11.1 Å². The van der Waals surface area contributed by atoms with Gasteiger partial charge in [-0.05, 0) is 30.0 Å². The van der Waals surface area contributed by atoms with Crippen LogP contribution >= 0.6 is 0 Å². The second kappa shape index (κ2) is 7.95. The van der Waals surface area contributed by atoms with Gasteiger partial charge >= 0.3 is 0 Å². The van der Waals surface area contributed by atoms with Crippen molar-refractivity contribution in [2.24, 2.45) is 5.92 Å². The van der Waals surface area contributed by atoms with Crippen molar-refractivity contribution in [3.63, 3.8) is 0 Å². The van der Waals surface area contributed by atoms with E-state index in [0.717, 1.165) is 13.0 Å². The fraction of sp³-hybridized carbons (Fsp3) is 0.562. The molecule has 0 heterocycles. The van der Waals surface area contributed by atoms with E-state index in [1.54, 1.807) is 0 Å². The van der Waals surface area contributed by atoms with Gasteiger partial charge in [-0.2, -0.15) is 0 Å². The first kappa shape index (κ1) is 15.7. The topological polar surface area (TPSA) is 41.1 Å². The standard InChI is InChI=1S/C16H26N2O/c1-5-13-7-9-14(10-8-13)16(12(3)4)18-15(19)11-17-6-2/h7-10,12,16-17H,5-6,11H2,1-4H3,(H,18,19). The first-order chi connectivity index (χ1) is 9.08. The maximum absolute atomic E-state index is 11.8. The Hall–Kier alpha value is -1.35. The van der Waals surface area contributed by atoms with Crippen LogP contribution in [-0.2, 0) is 11.2 Å². The molecule has 0 aliphatic carbocycles. The number of amides is 1. The van der Waals surface area contributed by atoms with E-state index in [4.69, 9.17) is 0 Å². The fourth-order valence-corrected chi connectivity index (χ4v) is 2.06. The molecule has 0 aliphatic rings. The van der Waals surface area contributed by atoms with Gasteiger partial charge in [0.15, 0.2) is 0 Å². The highest BCUT2D eigenvalue weighted by molar-refractivity contribution is 5.78. The molecule has 19 heavy (non-hydrogen) atoms. The summed E-state index contributed by atoms with van der Waals surface area (Å²) in [7, 11) is 0. The monoisotopic (exact) mass is 262 g/mol. The smallest absolute Gasteiger partial charge is 0.234 e. The molecule has 0 bridgehead atoms. The number of carbonyl (C=O) groups is 1. The second-order valence-electron chi connectivity index (χ2n) is 5.16. The van der Waals surface area contributed by atoms with E-state index in [1.807, 2.05) is 6.92 Å². The van der Waals surface area contributed by atoms with Crippen molar-refractivity contribution in [1.82, 2.24) is 10.6 Å². The highest BCUT2D eigenvalue weighted by atomic mass is 16.1.